The molecule has 154 valence electrons. The van der Waals surface area contributed by atoms with E-state index in [0.29, 0.717) is 23.1 Å². The number of hydrogen-bond acceptors (Lipinski definition) is 6. The zero-order chi connectivity index (χ0) is 21.5. The number of aromatic nitrogens is 2. The van der Waals surface area contributed by atoms with E-state index in [1.54, 1.807) is 37.0 Å². The van der Waals surface area contributed by atoms with Crippen molar-refractivity contribution in [2.24, 2.45) is 0 Å². The van der Waals surface area contributed by atoms with Gasteiger partial charge in [-0.15, -0.1) is 11.8 Å². The third-order valence-electron chi connectivity index (χ3n) is 3.99. The lowest BCUT2D eigenvalue weighted by atomic mass is 10.2. The summed E-state index contributed by atoms with van der Waals surface area (Å²) >= 11 is 1.61. The van der Waals surface area contributed by atoms with Gasteiger partial charge in [-0.05, 0) is 48.5 Å². The average Bonchev–Trinajstić information content (AvgIpc) is 2.73. The van der Waals surface area contributed by atoms with Crippen molar-refractivity contribution in [3.8, 4) is 11.4 Å². The minimum absolute atomic E-state index is 0.100. The summed E-state index contributed by atoms with van der Waals surface area (Å²) in [5.74, 6) is 1.44. The Morgan fingerprint density at radius 1 is 0.967 bits per heavy atom. The molecule has 0 saturated carbocycles. The molecule has 3 aromatic rings. The van der Waals surface area contributed by atoms with E-state index in [0.717, 1.165) is 21.8 Å². The van der Waals surface area contributed by atoms with Crippen molar-refractivity contribution in [3.63, 3.8) is 0 Å². The summed E-state index contributed by atoms with van der Waals surface area (Å²) in [6, 6.07) is 16.3. The molecule has 0 bridgehead atoms. The van der Waals surface area contributed by atoms with Gasteiger partial charge in [-0.3, -0.25) is 4.79 Å². The molecule has 3 amide bonds. The first kappa shape index (κ1) is 21.1. The summed E-state index contributed by atoms with van der Waals surface area (Å²) in [6.07, 6.45) is 0. The van der Waals surface area contributed by atoms with Crippen molar-refractivity contribution in [2.45, 2.75) is 17.6 Å². The molecule has 5 N–H and O–H groups in total. The number of anilines is 3. The summed E-state index contributed by atoms with van der Waals surface area (Å²) in [4.78, 5) is 32.5. The number of nitrogen functional groups attached to an aromatic ring is 1. The highest BCUT2D eigenvalue weighted by Gasteiger charge is 2.08. The number of nitrogens with one attached hydrogen (secondary N) is 3. The highest BCUT2D eigenvalue weighted by molar-refractivity contribution is 7.98. The fourth-order valence-electron chi connectivity index (χ4n) is 2.61. The van der Waals surface area contributed by atoms with Gasteiger partial charge in [0.1, 0.15) is 5.82 Å². The van der Waals surface area contributed by atoms with Gasteiger partial charge in [0.05, 0.1) is 5.69 Å². The van der Waals surface area contributed by atoms with Crippen LogP contribution >= 0.6 is 11.8 Å². The van der Waals surface area contributed by atoms with E-state index in [1.165, 1.54) is 6.92 Å². The monoisotopic (exact) mass is 422 g/mol. The third-order valence-corrected chi connectivity index (χ3v) is 5.03. The Kier molecular flexibility index (Phi) is 6.87. The van der Waals surface area contributed by atoms with Crippen LogP contribution in [0.2, 0.25) is 0 Å². The molecular weight excluding hydrogens is 400 g/mol. The largest absolute Gasteiger partial charge is 0.384 e. The summed E-state index contributed by atoms with van der Waals surface area (Å²) < 4.78 is 0. The van der Waals surface area contributed by atoms with Crippen LogP contribution < -0.4 is 21.7 Å². The lowest BCUT2D eigenvalue weighted by Gasteiger charge is -2.08. The van der Waals surface area contributed by atoms with E-state index < -0.39 is 0 Å². The Morgan fingerprint density at radius 3 is 2.23 bits per heavy atom. The predicted molar refractivity (Wildman–Crippen MR) is 120 cm³/mol. The Hall–Kier alpha value is -3.59. The molecule has 8 nitrogen and oxygen atoms in total. The van der Waals surface area contributed by atoms with Crippen molar-refractivity contribution in [1.29, 1.82) is 0 Å². The molecule has 0 aliphatic carbocycles. The van der Waals surface area contributed by atoms with Crippen LogP contribution in [0.5, 0.6) is 0 Å². The lowest BCUT2D eigenvalue weighted by Crippen LogP contribution is -2.24. The Balaban J connectivity index is 1.69. The Labute approximate surface area is 178 Å². The molecule has 0 fully saturated rings. The van der Waals surface area contributed by atoms with Crippen LogP contribution in [0.4, 0.5) is 22.0 Å². The van der Waals surface area contributed by atoms with E-state index in [1.807, 2.05) is 36.4 Å². The van der Waals surface area contributed by atoms with Gasteiger partial charge >= 0.3 is 6.03 Å². The second-order valence-electron chi connectivity index (χ2n) is 6.38. The van der Waals surface area contributed by atoms with E-state index in [2.05, 4.69) is 25.9 Å². The highest BCUT2D eigenvalue weighted by Crippen LogP contribution is 2.26. The van der Waals surface area contributed by atoms with Gasteiger partial charge in [0.2, 0.25) is 5.91 Å². The van der Waals surface area contributed by atoms with Crippen molar-refractivity contribution >= 4 is 40.9 Å². The summed E-state index contributed by atoms with van der Waals surface area (Å²) in [5.41, 5.74) is 9.01. The normalized spacial score (nSPS) is 10.3. The molecular formula is C21H22N6O2S. The van der Waals surface area contributed by atoms with Crippen LogP contribution in [0, 0.1) is 0 Å². The molecule has 1 heterocycles. The predicted octanol–water partition coefficient (Wildman–Crippen LogP) is 3.73. The molecule has 9 heteroatoms. The number of thioether (sulfide) groups is 1. The summed E-state index contributed by atoms with van der Waals surface area (Å²) in [5, 5.41) is 7.95. The minimum Gasteiger partial charge on any atom is -0.384 e. The zero-order valence-electron chi connectivity index (χ0n) is 16.6. The second-order valence-corrected chi connectivity index (χ2v) is 7.43. The smallest absolute Gasteiger partial charge is 0.318 e. The maximum Gasteiger partial charge on any atom is 0.318 e. The van der Waals surface area contributed by atoms with Gasteiger partial charge in [0.25, 0.3) is 0 Å². The maximum atomic E-state index is 11.4. The average molecular weight is 423 g/mol. The van der Waals surface area contributed by atoms with E-state index in [-0.39, 0.29) is 11.9 Å². The number of hydrogen-bond donors (Lipinski definition) is 4. The fourth-order valence-corrected chi connectivity index (χ4v) is 3.40. The van der Waals surface area contributed by atoms with Crippen LogP contribution in [-0.4, -0.2) is 29.0 Å². The number of nitrogens with zero attached hydrogens (tertiary/aromatic N) is 2. The van der Waals surface area contributed by atoms with Gasteiger partial charge in [-0.1, -0.05) is 0 Å². The molecule has 0 spiro atoms. The van der Waals surface area contributed by atoms with Gasteiger partial charge in [0, 0.05) is 47.6 Å². The van der Waals surface area contributed by atoms with Crippen LogP contribution in [0.1, 0.15) is 12.6 Å². The van der Waals surface area contributed by atoms with Crippen LogP contribution in [0.3, 0.4) is 0 Å². The van der Waals surface area contributed by atoms with Gasteiger partial charge < -0.3 is 21.7 Å². The first-order chi connectivity index (χ1) is 14.4. The molecule has 1 aromatic heterocycles. The van der Waals surface area contributed by atoms with Gasteiger partial charge in [-0.25, -0.2) is 14.8 Å². The van der Waals surface area contributed by atoms with Crippen molar-refractivity contribution in [3.05, 3.63) is 60.3 Å². The number of amides is 3. The molecule has 0 radical (unpaired) electrons. The van der Waals surface area contributed by atoms with Crippen molar-refractivity contribution < 1.29 is 9.59 Å². The minimum atomic E-state index is -0.285. The SMILES string of the molecule is CNC(=O)Nc1ccc(-c2nc(N)cc(CSc3ccc(NC(C)=O)cc3)n2)cc1. The van der Waals surface area contributed by atoms with Crippen molar-refractivity contribution in [2.75, 3.05) is 23.4 Å². The summed E-state index contributed by atoms with van der Waals surface area (Å²) in [6.45, 7) is 1.48. The topological polar surface area (TPSA) is 122 Å². The maximum absolute atomic E-state index is 11.4. The van der Waals surface area contributed by atoms with Gasteiger partial charge in [0.15, 0.2) is 5.82 Å². The fraction of sp³-hybridized carbons (Fsp3) is 0.143. The Morgan fingerprint density at radius 2 is 1.60 bits per heavy atom. The standard InChI is InChI=1S/C21H22N6O2S/c1-13(28)24-15-7-9-18(10-8-15)30-12-17-11-19(22)27-20(25-17)14-3-5-16(6-4-14)26-21(29)23-2/h3-11H,12H2,1-2H3,(H,24,28)(H2,22,25,27)(H2,23,26,29). The number of urea groups is 1. The number of carbonyl (C=O) groups is 2. The van der Waals surface area contributed by atoms with Crippen LogP contribution in [0.15, 0.2) is 59.5 Å². The molecule has 0 saturated heterocycles. The molecule has 30 heavy (non-hydrogen) atoms. The lowest BCUT2D eigenvalue weighted by molar-refractivity contribution is -0.114. The van der Waals surface area contributed by atoms with Gasteiger partial charge in [-0.2, -0.15) is 0 Å². The summed E-state index contributed by atoms with van der Waals surface area (Å²) in [7, 11) is 1.56. The first-order valence-electron chi connectivity index (χ1n) is 9.16. The second kappa shape index (κ2) is 9.75. The van der Waals surface area contributed by atoms with E-state index in [9.17, 15) is 9.59 Å². The first-order valence-corrected chi connectivity index (χ1v) is 10.1. The number of benzene rings is 2. The molecule has 2 aromatic carbocycles. The quantitative estimate of drug-likeness (QED) is 0.449. The Bertz CT molecular complexity index is 1040. The zero-order valence-corrected chi connectivity index (χ0v) is 17.4. The molecule has 0 unspecified atom stereocenters. The molecule has 0 aliphatic heterocycles. The molecule has 0 aliphatic rings. The van der Waals surface area contributed by atoms with Crippen molar-refractivity contribution in [1.82, 2.24) is 15.3 Å². The molecule has 3 rings (SSSR count). The van der Waals surface area contributed by atoms with E-state index >= 15 is 0 Å². The van der Waals surface area contributed by atoms with Crippen LogP contribution in [0.25, 0.3) is 11.4 Å². The van der Waals surface area contributed by atoms with E-state index in [4.69, 9.17) is 5.73 Å². The number of rotatable bonds is 6. The number of carbonyl (C=O) groups excluding carboxylic acids is 2. The highest BCUT2D eigenvalue weighted by atomic mass is 32.2. The van der Waals surface area contributed by atoms with Crippen LogP contribution in [-0.2, 0) is 10.5 Å². The number of nitrogens with two attached hydrogens (primary N) is 1. The third kappa shape index (κ3) is 5.95. The molecule has 0 atom stereocenters.